The molecule has 1 heterocycles. The number of nitrogens with zero attached hydrogens (tertiary/aromatic N) is 2. The molecule has 0 saturated heterocycles. The molecule has 0 unspecified atom stereocenters. The first-order valence-corrected chi connectivity index (χ1v) is 26.1. The Kier molecular flexibility index (Phi) is 8.99. The second kappa shape index (κ2) is 16.1. The molecule has 0 bridgehead atoms. The molecule has 0 amide bonds. The van der Waals surface area contributed by atoms with Crippen molar-refractivity contribution in [2.45, 2.75) is 5.41 Å². The normalized spacial score (nSPS) is 12.9. The predicted octanol–water partition coefficient (Wildman–Crippen LogP) is 19.4. The minimum absolute atomic E-state index is 0.443. The topological polar surface area (TPSA) is 8.17 Å². The molecule has 13 aromatic carbocycles. The van der Waals surface area contributed by atoms with Crippen LogP contribution in [-0.4, -0.2) is 4.57 Å². The highest BCUT2D eigenvalue weighted by Gasteiger charge is 2.51. The van der Waals surface area contributed by atoms with Gasteiger partial charge in [0.15, 0.2) is 0 Å². The van der Waals surface area contributed by atoms with E-state index < -0.39 is 5.41 Å². The van der Waals surface area contributed by atoms with Gasteiger partial charge in [-0.1, -0.05) is 224 Å². The zero-order chi connectivity index (χ0) is 49.2. The van der Waals surface area contributed by atoms with Gasteiger partial charge in [0, 0.05) is 38.3 Å². The van der Waals surface area contributed by atoms with E-state index in [-0.39, 0.29) is 0 Å². The zero-order valence-electron chi connectivity index (χ0n) is 41.0. The predicted molar refractivity (Wildman–Crippen MR) is 315 cm³/mol. The Morgan fingerprint density at radius 2 is 0.787 bits per heavy atom. The SMILES string of the molecule is c1cc(-c2ccc(N(c3ccc4c(c3)C3(c5ccccc5-c5ccccc53)c3ccccc3-4)c3cccc4ccccc34)cc2)cc(-c2ccc3c(c2)c2ccc4ccccc4c2n3-c2cccc3ccccc23)c1. The molecule has 2 nitrogen and oxygen atoms in total. The fourth-order valence-electron chi connectivity index (χ4n) is 13.3. The molecule has 0 saturated carbocycles. The number of hydrogen-bond acceptors (Lipinski definition) is 1. The van der Waals surface area contributed by atoms with Crippen LogP contribution >= 0.6 is 0 Å². The van der Waals surface area contributed by atoms with E-state index in [1.165, 1.54) is 127 Å². The van der Waals surface area contributed by atoms with Crippen molar-refractivity contribution in [1.82, 2.24) is 4.57 Å². The third-order valence-corrected chi connectivity index (χ3v) is 16.6. The zero-order valence-corrected chi connectivity index (χ0v) is 41.0. The van der Waals surface area contributed by atoms with Crippen LogP contribution in [0.15, 0.2) is 279 Å². The molecule has 0 N–H and O–H groups in total. The second-order valence-corrected chi connectivity index (χ2v) is 20.3. The van der Waals surface area contributed by atoms with Gasteiger partial charge in [0.25, 0.3) is 0 Å². The summed E-state index contributed by atoms with van der Waals surface area (Å²) in [6.45, 7) is 0. The first kappa shape index (κ1) is 41.8. The van der Waals surface area contributed by atoms with E-state index in [1.807, 2.05) is 0 Å². The first-order valence-electron chi connectivity index (χ1n) is 26.1. The maximum absolute atomic E-state index is 2.49. The van der Waals surface area contributed by atoms with E-state index in [0.717, 1.165) is 17.1 Å². The highest BCUT2D eigenvalue weighted by Crippen LogP contribution is 2.63. The molecule has 16 rings (SSSR count). The standard InChI is InChI=1S/C73H46N2/c1-4-23-56-48(16-1)19-14-32-69(56)74(55-40-42-62-61-28-9-12-31-67(61)73(68(62)46-55)65-29-10-7-26-59(65)60-27-8-11-30-66(60)73)54-38-34-47(35-39-54)51-21-13-22-52(44-51)53-37-43-71-64(45-53)63-41-36-50-18-3-6-25-58(50)72(63)75(71)70-33-15-20-49-17-2-5-24-57(49)70/h1-46H. The van der Waals surface area contributed by atoms with Gasteiger partial charge in [-0.05, 0) is 138 Å². The van der Waals surface area contributed by atoms with Crippen LogP contribution < -0.4 is 4.90 Å². The van der Waals surface area contributed by atoms with Gasteiger partial charge in [0.2, 0.25) is 0 Å². The average Bonchev–Trinajstić information content (AvgIpc) is 4.28. The van der Waals surface area contributed by atoms with E-state index in [2.05, 4.69) is 289 Å². The number of anilines is 3. The van der Waals surface area contributed by atoms with Gasteiger partial charge in [0.1, 0.15) is 0 Å². The summed E-state index contributed by atoms with van der Waals surface area (Å²) in [6, 6.07) is 104. The Morgan fingerprint density at radius 3 is 1.49 bits per heavy atom. The van der Waals surface area contributed by atoms with E-state index in [1.54, 1.807) is 0 Å². The van der Waals surface area contributed by atoms with Crippen LogP contribution in [0.5, 0.6) is 0 Å². The average molecular weight is 951 g/mol. The quantitative estimate of drug-likeness (QED) is 0.161. The molecule has 348 valence electrons. The fourth-order valence-corrected chi connectivity index (χ4v) is 13.3. The Labute approximate surface area is 435 Å². The van der Waals surface area contributed by atoms with Crippen molar-refractivity contribution in [1.29, 1.82) is 0 Å². The maximum Gasteiger partial charge on any atom is 0.0726 e. The minimum atomic E-state index is -0.443. The van der Waals surface area contributed by atoms with E-state index >= 15 is 0 Å². The molecule has 0 radical (unpaired) electrons. The van der Waals surface area contributed by atoms with Crippen LogP contribution in [0.3, 0.4) is 0 Å². The molecule has 2 heteroatoms. The Morgan fingerprint density at radius 1 is 0.280 bits per heavy atom. The van der Waals surface area contributed by atoms with Crippen LogP contribution in [0.2, 0.25) is 0 Å². The van der Waals surface area contributed by atoms with Crippen molar-refractivity contribution in [3.05, 3.63) is 301 Å². The summed E-state index contributed by atoms with van der Waals surface area (Å²) in [6.07, 6.45) is 0. The fraction of sp³-hybridized carbons (Fsp3) is 0.0137. The van der Waals surface area contributed by atoms with Crippen LogP contribution in [0.1, 0.15) is 22.3 Å². The highest BCUT2D eigenvalue weighted by molar-refractivity contribution is 6.20. The molecule has 0 atom stereocenters. The van der Waals surface area contributed by atoms with Crippen molar-refractivity contribution >= 4 is 71.2 Å². The number of benzene rings is 13. The molecular formula is C73H46N2. The van der Waals surface area contributed by atoms with Gasteiger partial charge in [0.05, 0.1) is 27.8 Å². The first-order chi connectivity index (χ1) is 37.2. The molecule has 1 spiro atoms. The number of aromatic nitrogens is 1. The summed E-state index contributed by atoms with van der Waals surface area (Å²) in [5, 5.41) is 9.87. The lowest BCUT2D eigenvalue weighted by molar-refractivity contribution is 0.793. The molecule has 0 fully saturated rings. The van der Waals surface area contributed by atoms with E-state index in [4.69, 9.17) is 0 Å². The van der Waals surface area contributed by atoms with Gasteiger partial charge >= 0.3 is 0 Å². The summed E-state index contributed by atoms with van der Waals surface area (Å²) in [4.78, 5) is 2.47. The van der Waals surface area contributed by atoms with Crippen LogP contribution in [-0.2, 0) is 5.41 Å². The van der Waals surface area contributed by atoms with Crippen molar-refractivity contribution in [2.24, 2.45) is 0 Å². The molecule has 14 aromatic rings. The molecule has 2 aliphatic carbocycles. The number of rotatable bonds is 6. The second-order valence-electron chi connectivity index (χ2n) is 20.3. The van der Waals surface area contributed by atoms with Crippen molar-refractivity contribution in [2.75, 3.05) is 4.90 Å². The molecule has 0 aliphatic heterocycles. The number of fused-ring (bicyclic) bond motifs is 17. The summed E-state index contributed by atoms with van der Waals surface area (Å²) in [5.41, 5.74) is 21.8. The van der Waals surface area contributed by atoms with E-state index in [0.29, 0.717) is 0 Å². The molecule has 1 aromatic heterocycles. The van der Waals surface area contributed by atoms with Gasteiger partial charge in [-0.25, -0.2) is 0 Å². The van der Waals surface area contributed by atoms with Gasteiger partial charge in [-0.2, -0.15) is 0 Å². The lowest BCUT2D eigenvalue weighted by atomic mass is 9.70. The van der Waals surface area contributed by atoms with Crippen LogP contribution in [0, 0.1) is 0 Å². The Bertz CT molecular complexity index is 4600. The smallest absolute Gasteiger partial charge is 0.0726 e. The molecule has 2 aliphatic rings. The molecule has 75 heavy (non-hydrogen) atoms. The van der Waals surface area contributed by atoms with Crippen LogP contribution in [0.4, 0.5) is 17.1 Å². The lowest BCUT2D eigenvalue weighted by Crippen LogP contribution is -2.26. The largest absolute Gasteiger partial charge is 0.310 e. The number of hydrogen-bond donors (Lipinski definition) is 0. The van der Waals surface area contributed by atoms with Gasteiger partial charge in [-0.3, -0.25) is 0 Å². The summed E-state index contributed by atoms with van der Waals surface area (Å²) in [7, 11) is 0. The van der Waals surface area contributed by atoms with Gasteiger partial charge in [-0.15, -0.1) is 0 Å². The third-order valence-electron chi connectivity index (χ3n) is 16.6. The Hall–Kier alpha value is -9.76. The van der Waals surface area contributed by atoms with Crippen molar-refractivity contribution in [3.63, 3.8) is 0 Å². The Balaban J connectivity index is 0.825. The lowest BCUT2D eigenvalue weighted by Gasteiger charge is -2.32. The molecular weight excluding hydrogens is 905 g/mol. The highest BCUT2D eigenvalue weighted by atomic mass is 15.1. The van der Waals surface area contributed by atoms with Crippen molar-refractivity contribution < 1.29 is 0 Å². The minimum Gasteiger partial charge on any atom is -0.310 e. The third kappa shape index (κ3) is 6.02. The summed E-state index contributed by atoms with van der Waals surface area (Å²) >= 11 is 0. The summed E-state index contributed by atoms with van der Waals surface area (Å²) < 4.78 is 2.49. The van der Waals surface area contributed by atoms with Crippen molar-refractivity contribution in [3.8, 4) is 50.2 Å². The van der Waals surface area contributed by atoms with Gasteiger partial charge < -0.3 is 9.47 Å². The maximum atomic E-state index is 2.49. The monoisotopic (exact) mass is 950 g/mol. The van der Waals surface area contributed by atoms with E-state index in [9.17, 15) is 0 Å². The van der Waals surface area contributed by atoms with Crippen LogP contribution in [0.25, 0.3) is 104 Å². The summed E-state index contributed by atoms with van der Waals surface area (Å²) in [5.74, 6) is 0.